The van der Waals surface area contributed by atoms with Crippen LogP contribution >= 0.6 is 0 Å². The fraction of sp³-hybridized carbons (Fsp3) is 0.583. The van der Waals surface area contributed by atoms with Gasteiger partial charge in [-0.3, -0.25) is 5.41 Å². The number of hydrogen-bond acceptors (Lipinski definition) is 6. The topological polar surface area (TPSA) is 113 Å². The molecule has 7 nitrogen and oxygen atoms in total. The quantitative estimate of drug-likeness (QED) is 0.600. The van der Waals surface area contributed by atoms with Crippen molar-refractivity contribution in [3.05, 3.63) is 16.8 Å². The van der Waals surface area contributed by atoms with E-state index in [2.05, 4.69) is 10.2 Å². The van der Waals surface area contributed by atoms with Gasteiger partial charge in [0.1, 0.15) is 5.84 Å². The molecule has 1 atom stereocenters. The summed E-state index contributed by atoms with van der Waals surface area (Å²) in [5, 5.41) is 15.9. The number of nitrogen functional groups attached to an aromatic ring is 1. The van der Waals surface area contributed by atoms with Crippen LogP contribution in [0.4, 0.5) is 5.82 Å². The van der Waals surface area contributed by atoms with Crippen LogP contribution in [-0.2, 0) is 9.84 Å². The first-order chi connectivity index (χ1) is 9.23. The number of aromatic nitrogens is 2. The summed E-state index contributed by atoms with van der Waals surface area (Å²) in [6.07, 6.45) is 0.560. The molecule has 8 heteroatoms. The predicted octanol–water partition coefficient (Wildman–Crippen LogP) is 0.000810. The fourth-order valence-electron chi connectivity index (χ4n) is 2.42. The number of nitrogens with one attached hydrogen (secondary N) is 1. The van der Waals surface area contributed by atoms with Gasteiger partial charge in [-0.15, -0.1) is 5.10 Å². The van der Waals surface area contributed by atoms with E-state index in [-0.39, 0.29) is 23.4 Å². The summed E-state index contributed by atoms with van der Waals surface area (Å²) in [7, 11) is -1.20. The van der Waals surface area contributed by atoms with Gasteiger partial charge in [-0.25, -0.2) is 8.42 Å². The van der Waals surface area contributed by atoms with Gasteiger partial charge in [-0.1, -0.05) is 0 Å². The van der Waals surface area contributed by atoms with Crippen molar-refractivity contribution in [2.45, 2.75) is 26.3 Å². The van der Waals surface area contributed by atoms with Crippen LogP contribution in [0, 0.1) is 19.3 Å². The Bertz CT molecular complexity index is 656. The second-order valence-corrected chi connectivity index (χ2v) is 7.42. The largest absolute Gasteiger partial charge is 0.384 e. The maximum absolute atomic E-state index is 11.6. The molecule has 0 aliphatic carbocycles. The molecule has 20 heavy (non-hydrogen) atoms. The van der Waals surface area contributed by atoms with Crippen molar-refractivity contribution >= 4 is 21.5 Å². The molecule has 0 spiro atoms. The zero-order chi connectivity index (χ0) is 15.1. The molecule has 0 amide bonds. The number of hydrogen-bond donors (Lipinski definition) is 2. The predicted molar refractivity (Wildman–Crippen MR) is 78.0 cm³/mol. The normalized spacial score (nSPS) is 20.9. The Kier molecular flexibility index (Phi) is 3.68. The molecular formula is C12H19N5O2S. The van der Waals surface area contributed by atoms with Crippen molar-refractivity contribution < 1.29 is 8.42 Å². The van der Waals surface area contributed by atoms with Crippen LogP contribution in [0.5, 0.6) is 0 Å². The van der Waals surface area contributed by atoms with Gasteiger partial charge in [0.2, 0.25) is 0 Å². The van der Waals surface area contributed by atoms with E-state index in [4.69, 9.17) is 11.1 Å². The lowest BCUT2D eigenvalue weighted by Crippen LogP contribution is -2.35. The van der Waals surface area contributed by atoms with Crippen LogP contribution in [0.2, 0.25) is 0 Å². The van der Waals surface area contributed by atoms with E-state index < -0.39 is 9.84 Å². The van der Waals surface area contributed by atoms with Crippen molar-refractivity contribution in [1.82, 2.24) is 10.2 Å². The van der Waals surface area contributed by atoms with Crippen LogP contribution in [0.1, 0.15) is 23.2 Å². The van der Waals surface area contributed by atoms with Crippen molar-refractivity contribution in [2.75, 3.05) is 23.5 Å². The van der Waals surface area contributed by atoms with Gasteiger partial charge >= 0.3 is 0 Å². The molecule has 0 aromatic carbocycles. The van der Waals surface area contributed by atoms with Crippen LogP contribution < -0.4 is 10.6 Å². The number of nitrogens with zero attached hydrogens (tertiary/aromatic N) is 3. The number of anilines is 1. The molecule has 0 radical (unpaired) electrons. The SMILES string of the molecule is Cc1nnc(N(C)C2CCS(=O)(=O)C2)c(C(=N)N)c1C. The van der Waals surface area contributed by atoms with Gasteiger partial charge in [0.05, 0.1) is 22.8 Å². The zero-order valence-corrected chi connectivity index (χ0v) is 12.7. The number of aryl methyl sites for hydroxylation is 1. The zero-order valence-electron chi connectivity index (χ0n) is 11.8. The minimum atomic E-state index is -2.97. The van der Waals surface area contributed by atoms with Gasteiger partial charge in [-0.05, 0) is 25.8 Å². The summed E-state index contributed by atoms with van der Waals surface area (Å²) in [6.45, 7) is 3.64. The van der Waals surface area contributed by atoms with Crippen LogP contribution in [-0.4, -0.2) is 49.0 Å². The molecule has 1 aromatic rings. The Morgan fingerprint density at radius 3 is 2.55 bits per heavy atom. The molecule has 0 bridgehead atoms. The number of nitrogens with two attached hydrogens (primary N) is 1. The van der Waals surface area contributed by atoms with E-state index in [1.54, 1.807) is 18.9 Å². The molecule has 1 unspecified atom stereocenters. The smallest absolute Gasteiger partial charge is 0.162 e. The molecule has 0 saturated carbocycles. The van der Waals surface area contributed by atoms with Gasteiger partial charge in [0.15, 0.2) is 15.7 Å². The lowest BCUT2D eigenvalue weighted by molar-refractivity contribution is 0.600. The number of rotatable bonds is 3. The maximum Gasteiger partial charge on any atom is 0.162 e. The average molecular weight is 297 g/mol. The van der Waals surface area contributed by atoms with Crippen LogP contribution in [0.25, 0.3) is 0 Å². The van der Waals surface area contributed by atoms with E-state index in [0.29, 0.717) is 23.5 Å². The third kappa shape index (κ3) is 2.60. The second-order valence-electron chi connectivity index (χ2n) is 5.19. The summed E-state index contributed by atoms with van der Waals surface area (Å²) in [5.41, 5.74) is 7.69. The molecule has 1 aromatic heterocycles. The lowest BCUT2D eigenvalue weighted by Gasteiger charge is -2.26. The van der Waals surface area contributed by atoms with E-state index in [9.17, 15) is 8.42 Å². The molecule has 3 N–H and O–H groups in total. The summed E-state index contributed by atoms with van der Waals surface area (Å²) >= 11 is 0. The summed E-state index contributed by atoms with van der Waals surface area (Å²) in [4.78, 5) is 1.78. The van der Waals surface area contributed by atoms with E-state index >= 15 is 0 Å². The molecule has 1 saturated heterocycles. The minimum absolute atomic E-state index is 0.0804. The first-order valence-corrected chi connectivity index (χ1v) is 8.16. The van der Waals surface area contributed by atoms with Crippen LogP contribution in [0.3, 0.4) is 0 Å². The Morgan fingerprint density at radius 2 is 2.05 bits per heavy atom. The Labute approximate surface area is 118 Å². The molecule has 1 fully saturated rings. The van der Waals surface area contributed by atoms with Crippen molar-refractivity contribution in [3.8, 4) is 0 Å². The van der Waals surface area contributed by atoms with E-state index in [1.165, 1.54) is 0 Å². The Balaban J connectivity index is 2.43. The number of amidine groups is 1. The molecule has 2 heterocycles. The third-order valence-corrected chi connectivity index (χ3v) is 5.55. The highest BCUT2D eigenvalue weighted by atomic mass is 32.2. The summed E-state index contributed by atoms with van der Waals surface area (Å²) in [5.74, 6) is 0.691. The molecule has 110 valence electrons. The molecule has 2 rings (SSSR count). The monoisotopic (exact) mass is 297 g/mol. The Hall–Kier alpha value is -1.70. The van der Waals surface area contributed by atoms with Crippen LogP contribution in [0.15, 0.2) is 0 Å². The van der Waals surface area contributed by atoms with Crippen molar-refractivity contribution in [3.63, 3.8) is 0 Å². The standard InChI is InChI=1S/C12H19N5O2S/c1-7-8(2)15-16-12(10(7)11(13)14)17(3)9-4-5-20(18,19)6-9/h9H,4-6H2,1-3H3,(H3,13,14). The molecule has 1 aliphatic heterocycles. The fourth-order valence-corrected chi connectivity index (χ4v) is 4.19. The van der Waals surface area contributed by atoms with Gasteiger partial charge < -0.3 is 10.6 Å². The highest BCUT2D eigenvalue weighted by Crippen LogP contribution is 2.26. The highest BCUT2D eigenvalue weighted by molar-refractivity contribution is 7.91. The first kappa shape index (κ1) is 14.7. The number of sulfone groups is 1. The maximum atomic E-state index is 11.6. The second kappa shape index (κ2) is 5.01. The lowest BCUT2D eigenvalue weighted by atomic mass is 10.1. The summed E-state index contributed by atoms with van der Waals surface area (Å²) in [6, 6.07) is -0.144. The van der Waals surface area contributed by atoms with Crippen molar-refractivity contribution in [1.29, 1.82) is 5.41 Å². The highest BCUT2D eigenvalue weighted by Gasteiger charge is 2.32. The molecule has 1 aliphatic rings. The van der Waals surface area contributed by atoms with Gasteiger partial charge in [0, 0.05) is 13.1 Å². The van der Waals surface area contributed by atoms with E-state index in [0.717, 1.165) is 5.56 Å². The third-order valence-electron chi connectivity index (χ3n) is 3.80. The molecular weight excluding hydrogens is 278 g/mol. The minimum Gasteiger partial charge on any atom is -0.384 e. The van der Waals surface area contributed by atoms with Gasteiger partial charge in [0.25, 0.3) is 0 Å². The Morgan fingerprint density at radius 1 is 1.40 bits per heavy atom. The van der Waals surface area contributed by atoms with E-state index in [1.807, 2.05) is 6.92 Å². The average Bonchev–Trinajstić information content (AvgIpc) is 2.71. The first-order valence-electron chi connectivity index (χ1n) is 6.34. The van der Waals surface area contributed by atoms with Gasteiger partial charge in [-0.2, -0.15) is 5.10 Å². The van der Waals surface area contributed by atoms with Crippen molar-refractivity contribution in [2.24, 2.45) is 5.73 Å². The summed E-state index contributed by atoms with van der Waals surface area (Å²) < 4.78 is 23.2.